The standard InChI is InChI=1S/C11H14F3N3O3/c1-2-16(4-3-5-18)8-6-10(11(12,13)14)15-7-9(8)17(19)20/h6-7,18H,2-5H2,1H3. The summed E-state index contributed by atoms with van der Waals surface area (Å²) in [6.07, 6.45) is -3.76. The summed E-state index contributed by atoms with van der Waals surface area (Å²) < 4.78 is 37.9. The van der Waals surface area contributed by atoms with Crippen molar-refractivity contribution < 1.29 is 23.2 Å². The van der Waals surface area contributed by atoms with E-state index in [1.807, 2.05) is 0 Å². The molecule has 112 valence electrons. The number of rotatable bonds is 6. The molecule has 1 aromatic heterocycles. The number of alkyl halides is 3. The largest absolute Gasteiger partial charge is 0.433 e. The van der Waals surface area contributed by atoms with Crippen molar-refractivity contribution in [2.24, 2.45) is 0 Å². The Morgan fingerprint density at radius 1 is 1.50 bits per heavy atom. The second kappa shape index (κ2) is 6.51. The molecule has 0 atom stereocenters. The van der Waals surface area contributed by atoms with E-state index in [-0.39, 0.29) is 25.4 Å². The van der Waals surface area contributed by atoms with Crippen LogP contribution in [0.4, 0.5) is 24.5 Å². The lowest BCUT2D eigenvalue weighted by Gasteiger charge is -2.23. The first-order valence-electron chi connectivity index (χ1n) is 5.88. The van der Waals surface area contributed by atoms with E-state index in [1.54, 1.807) is 6.92 Å². The van der Waals surface area contributed by atoms with Gasteiger partial charge < -0.3 is 10.0 Å². The molecular formula is C11H14F3N3O3. The first-order valence-corrected chi connectivity index (χ1v) is 5.88. The van der Waals surface area contributed by atoms with E-state index < -0.39 is 22.5 Å². The van der Waals surface area contributed by atoms with Crippen molar-refractivity contribution in [1.29, 1.82) is 0 Å². The van der Waals surface area contributed by atoms with Gasteiger partial charge >= 0.3 is 11.9 Å². The molecule has 0 fully saturated rings. The van der Waals surface area contributed by atoms with Crippen LogP contribution in [0.15, 0.2) is 12.3 Å². The maximum Gasteiger partial charge on any atom is 0.433 e. The summed E-state index contributed by atoms with van der Waals surface area (Å²) in [6, 6.07) is 0.666. The van der Waals surface area contributed by atoms with Crippen LogP contribution >= 0.6 is 0 Å². The molecule has 6 nitrogen and oxygen atoms in total. The monoisotopic (exact) mass is 293 g/mol. The van der Waals surface area contributed by atoms with E-state index >= 15 is 0 Å². The number of hydrogen-bond donors (Lipinski definition) is 1. The lowest BCUT2D eigenvalue weighted by atomic mass is 10.2. The number of aromatic nitrogens is 1. The Labute approximate surface area is 113 Å². The van der Waals surface area contributed by atoms with Crippen LogP contribution < -0.4 is 4.90 Å². The minimum Gasteiger partial charge on any atom is -0.396 e. The molecule has 0 bridgehead atoms. The molecular weight excluding hydrogens is 279 g/mol. The molecule has 1 rings (SSSR count). The lowest BCUT2D eigenvalue weighted by molar-refractivity contribution is -0.384. The minimum atomic E-state index is -4.67. The fourth-order valence-electron chi connectivity index (χ4n) is 1.70. The highest BCUT2D eigenvalue weighted by Gasteiger charge is 2.35. The summed E-state index contributed by atoms with van der Waals surface area (Å²) in [6.45, 7) is 2.01. The molecule has 1 N–H and O–H groups in total. The van der Waals surface area contributed by atoms with Crippen LogP contribution in [0, 0.1) is 10.1 Å². The Bertz CT molecular complexity index is 480. The summed E-state index contributed by atoms with van der Waals surface area (Å²) in [7, 11) is 0. The van der Waals surface area contributed by atoms with Gasteiger partial charge in [-0.05, 0) is 19.4 Å². The average molecular weight is 293 g/mol. The van der Waals surface area contributed by atoms with Gasteiger partial charge in [-0.3, -0.25) is 10.1 Å². The van der Waals surface area contributed by atoms with Crippen molar-refractivity contribution in [2.75, 3.05) is 24.6 Å². The van der Waals surface area contributed by atoms with Gasteiger partial charge in [0.15, 0.2) is 0 Å². The van der Waals surface area contributed by atoms with Crippen LogP contribution in [0.2, 0.25) is 0 Å². The van der Waals surface area contributed by atoms with E-state index in [4.69, 9.17) is 5.11 Å². The molecule has 0 spiro atoms. The van der Waals surface area contributed by atoms with E-state index in [0.29, 0.717) is 18.7 Å². The van der Waals surface area contributed by atoms with Crippen molar-refractivity contribution in [3.63, 3.8) is 0 Å². The van der Waals surface area contributed by atoms with Crippen molar-refractivity contribution in [3.05, 3.63) is 28.1 Å². The van der Waals surface area contributed by atoms with Gasteiger partial charge in [0.2, 0.25) is 0 Å². The molecule has 1 heterocycles. The zero-order chi connectivity index (χ0) is 15.3. The smallest absolute Gasteiger partial charge is 0.396 e. The molecule has 1 aromatic rings. The molecule has 0 aliphatic carbocycles. The lowest BCUT2D eigenvalue weighted by Crippen LogP contribution is -2.26. The van der Waals surface area contributed by atoms with E-state index in [0.717, 1.165) is 0 Å². The van der Waals surface area contributed by atoms with Crippen LogP contribution in [0.25, 0.3) is 0 Å². The molecule has 0 aliphatic heterocycles. The number of pyridine rings is 1. The number of aliphatic hydroxyl groups excluding tert-OH is 1. The van der Waals surface area contributed by atoms with Crippen LogP contribution in [0.5, 0.6) is 0 Å². The Kier molecular flexibility index (Phi) is 5.26. The van der Waals surface area contributed by atoms with Crippen LogP contribution in [-0.4, -0.2) is 34.7 Å². The predicted molar refractivity (Wildman–Crippen MR) is 65.5 cm³/mol. The van der Waals surface area contributed by atoms with E-state index in [9.17, 15) is 23.3 Å². The maximum atomic E-state index is 12.6. The highest BCUT2D eigenvalue weighted by Crippen LogP contribution is 2.34. The summed E-state index contributed by atoms with van der Waals surface area (Å²) in [5, 5.41) is 19.7. The van der Waals surface area contributed by atoms with Gasteiger partial charge in [0, 0.05) is 19.7 Å². The van der Waals surface area contributed by atoms with Gasteiger partial charge in [-0.25, -0.2) is 4.98 Å². The van der Waals surface area contributed by atoms with Gasteiger partial charge in [0.25, 0.3) is 0 Å². The zero-order valence-corrected chi connectivity index (χ0v) is 10.7. The zero-order valence-electron chi connectivity index (χ0n) is 10.7. The Hall–Kier alpha value is -1.90. The van der Waals surface area contributed by atoms with Gasteiger partial charge in [0.1, 0.15) is 17.6 Å². The van der Waals surface area contributed by atoms with E-state index in [1.165, 1.54) is 4.90 Å². The SMILES string of the molecule is CCN(CCCO)c1cc(C(F)(F)F)ncc1[N+](=O)[O-]. The van der Waals surface area contributed by atoms with E-state index in [2.05, 4.69) is 4.98 Å². The molecule has 0 saturated carbocycles. The second-order valence-electron chi connectivity index (χ2n) is 3.97. The quantitative estimate of drug-likeness (QED) is 0.642. The third kappa shape index (κ3) is 3.80. The molecule has 0 radical (unpaired) electrons. The Morgan fingerprint density at radius 3 is 2.60 bits per heavy atom. The average Bonchev–Trinajstić information content (AvgIpc) is 2.38. The summed E-state index contributed by atoms with van der Waals surface area (Å²) in [5.41, 5.74) is -1.81. The Balaban J connectivity index is 3.26. The van der Waals surface area contributed by atoms with Crippen LogP contribution in [0.1, 0.15) is 19.0 Å². The first kappa shape index (κ1) is 16.2. The highest BCUT2D eigenvalue weighted by molar-refractivity contribution is 5.63. The van der Waals surface area contributed by atoms with Gasteiger partial charge in [-0.1, -0.05) is 0 Å². The maximum absolute atomic E-state index is 12.6. The summed E-state index contributed by atoms with van der Waals surface area (Å²) in [4.78, 5) is 14.6. The summed E-state index contributed by atoms with van der Waals surface area (Å²) >= 11 is 0. The molecule has 0 aromatic carbocycles. The van der Waals surface area contributed by atoms with Crippen molar-refractivity contribution >= 4 is 11.4 Å². The number of anilines is 1. The van der Waals surface area contributed by atoms with Gasteiger partial charge in [-0.15, -0.1) is 0 Å². The van der Waals surface area contributed by atoms with Crippen molar-refractivity contribution in [3.8, 4) is 0 Å². The first-order chi connectivity index (χ1) is 9.31. The van der Waals surface area contributed by atoms with Crippen LogP contribution in [-0.2, 0) is 6.18 Å². The molecule has 0 unspecified atom stereocenters. The number of aliphatic hydroxyl groups is 1. The van der Waals surface area contributed by atoms with Gasteiger partial charge in [0.05, 0.1) is 4.92 Å². The topological polar surface area (TPSA) is 79.5 Å². The molecule has 0 aliphatic rings. The molecule has 9 heteroatoms. The molecule has 0 amide bonds. The molecule has 0 saturated heterocycles. The predicted octanol–water partition coefficient (Wildman–Crippen LogP) is 2.22. The number of nitrogens with zero attached hydrogens (tertiary/aromatic N) is 3. The Morgan fingerprint density at radius 2 is 2.15 bits per heavy atom. The van der Waals surface area contributed by atoms with Crippen molar-refractivity contribution in [2.45, 2.75) is 19.5 Å². The van der Waals surface area contributed by atoms with Crippen molar-refractivity contribution in [1.82, 2.24) is 4.98 Å². The summed E-state index contributed by atoms with van der Waals surface area (Å²) in [5.74, 6) is 0. The highest BCUT2D eigenvalue weighted by atomic mass is 19.4. The third-order valence-electron chi connectivity index (χ3n) is 2.66. The number of nitro groups is 1. The van der Waals surface area contributed by atoms with Crippen LogP contribution in [0.3, 0.4) is 0 Å². The second-order valence-corrected chi connectivity index (χ2v) is 3.97. The fraction of sp³-hybridized carbons (Fsp3) is 0.545. The minimum absolute atomic E-state index is 0.145. The normalized spacial score (nSPS) is 11.4. The number of halogens is 3. The molecule has 20 heavy (non-hydrogen) atoms. The number of hydrogen-bond acceptors (Lipinski definition) is 5. The van der Waals surface area contributed by atoms with Gasteiger partial charge in [-0.2, -0.15) is 13.2 Å². The fourth-order valence-corrected chi connectivity index (χ4v) is 1.70. The third-order valence-corrected chi connectivity index (χ3v) is 2.66.